The van der Waals surface area contributed by atoms with Crippen LogP contribution >= 0.6 is 0 Å². The highest BCUT2D eigenvalue weighted by atomic mass is 15.3. The third-order valence-electron chi connectivity index (χ3n) is 3.22. The zero-order valence-electron chi connectivity index (χ0n) is 10.1. The fraction of sp³-hybridized carbons (Fsp3) is 0.214. The maximum absolute atomic E-state index is 4.16. The summed E-state index contributed by atoms with van der Waals surface area (Å²) in [7, 11) is 4.24. The Hall–Kier alpha value is -2.03. The third kappa shape index (κ3) is 1.64. The minimum Gasteiger partial charge on any atom is -0.355 e. The van der Waals surface area contributed by atoms with Gasteiger partial charge in [-0.15, -0.1) is 0 Å². The minimum absolute atomic E-state index is 0.950. The molecule has 0 amide bonds. The smallest absolute Gasteiger partial charge is 0.0898 e. The monoisotopic (exact) mass is 225 g/mol. The van der Waals surface area contributed by atoms with Crippen molar-refractivity contribution in [1.82, 2.24) is 4.98 Å². The zero-order chi connectivity index (χ0) is 11.8. The van der Waals surface area contributed by atoms with Crippen molar-refractivity contribution in [3.63, 3.8) is 0 Å². The van der Waals surface area contributed by atoms with E-state index in [-0.39, 0.29) is 0 Å². The largest absolute Gasteiger partial charge is 0.355 e. The molecule has 0 saturated heterocycles. The molecular formula is C14H15N3. The number of hydrogen-bond acceptors (Lipinski definition) is 3. The molecule has 3 heteroatoms. The van der Waals surface area contributed by atoms with E-state index in [9.17, 15) is 0 Å². The van der Waals surface area contributed by atoms with E-state index in [2.05, 4.69) is 53.1 Å². The van der Waals surface area contributed by atoms with Crippen LogP contribution in [0.5, 0.6) is 0 Å². The van der Waals surface area contributed by atoms with Gasteiger partial charge in [0.15, 0.2) is 0 Å². The molecule has 0 fully saturated rings. The predicted molar refractivity (Wildman–Crippen MR) is 71.3 cm³/mol. The van der Waals surface area contributed by atoms with Crippen molar-refractivity contribution in [3.8, 4) is 11.1 Å². The van der Waals surface area contributed by atoms with Crippen molar-refractivity contribution in [1.29, 1.82) is 0 Å². The van der Waals surface area contributed by atoms with Crippen LogP contribution in [0.25, 0.3) is 11.1 Å². The number of rotatable bonds is 1. The van der Waals surface area contributed by atoms with Gasteiger partial charge in [0.2, 0.25) is 0 Å². The Morgan fingerprint density at radius 3 is 2.59 bits per heavy atom. The van der Waals surface area contributed by atoms with Crippen LogP contribution in [0.2, 0.25) is 0 Å². The van der Waals surface area contributed by atoms with Crippen LogP contribution in [0.1, 0.15) is 0 Å². The van der Waals surface area contributed by atoms with Gasteiger partial charge in [0.05, 0.1) is 18.0 Å². The summed E-state index contributed by atoms with van der Waals surface area (Å²) in [5, 5.41) is 0. The maximum Gasteiger partial charge on any atom is 0.0898 e. The van der Waals surface area contributed by atoms with Gasteiger partial charge in [-0.2, -0.15) is 0 Å². The molecule has 3 rings (SSSR count). The van der Waals surface area contributed by atoms with Gasteiger partial charge in [-0.1, -0.05) is 12.1 Å². The highest BCUT2D eigenvalue weighted by Crippen LogP contribution is 2.36. The first-order valence-electron chi connectivity index (χ1n) is 5.72. The van der Waals surface area contributed by atoms with Crippen LogP contribution in [0.15, 0.2) is 42.7 Å². The molecule has 0 radical (unpaired) electrons. The molecule has 0 aliphatic carbocycles. The Labute approximate surface area is 101 Å². The van der Waals surface area contributed by atoms with Crippen molar-refractivity contribution in [2.75, 3.05) is 30.6 Å². The molecule has 1 aliphatic rings. The molecule has 2 heterocycles. The summed E-state index contributed by atoms with van der Waals surface area (Å²) < 4.78 is 0. The number of benzene rings is 1. The first-order chi connectivity index (χ1) is 8.25. The maximum atomic E-state index is 4.16. The SMILES string of the molecule is CN1CN(C)c2cc(-c3cccnc3)ccc21. The Kier molecular flexibility index (Phi) is 2.25. The number of hydrogen-bond donors (Lipinski definition) is 0. The first kappa shape index (κ1) is 10.1. The van der Waals surface area contributed by atoms with E-state index in [1.165, 1.54) is 22.5 Å². The molecule has 3 nitrogen and oxygen atoms in total. The lowest BCUT2D eigenvalue weighted by molar-refractivity contribution is 0.916. The second-order valence-electron chi connectivity index (χ2n) is 4.48. The van der Waals surface area contributed by atoms with E-state index in [1.807, 2.05) is 12.3 Å². The molecule has 0 spiro atoms. The van der Waals surface area contributed by atoms with Gasteiger partial charge in [0, 0.05) is 32.1 Å². The summed E-state index contributed by atoms with van der Waals surface area (Å²) in [5.41, 5.74) is 4.96. The Morgan fingerprint density at radius 2 is 1.82 bits per heavy atom. The van der Waals surface area contributed by atoms with Crippen molar-refractivity contribution < 1.29 is 0 Å². The molecule has 0 atom stereocenters. The molecule has 1 aromatic heterocycles. The van der Waals surface area contributed by atoms with E-state index in [0.29, 0.717) is 0 Å². The second-order valence-corrected chi connectivity index (χ2v) is 4.48. The Balaban J connectivity index is 2.08. The quantitative estimate of drug-likeness (QED) is 0.743. The molecule has 0 bridgehead atoms. The molecule has 17 heavy (non-hydrogen) atoms. The third-order valence-corrected chi connectivity index (χ3v) is 3.22. The van der Waals surface area contributed by atoms with Gasteiger partial charge in [-0.3, -0.25) is 4.98 Å². The lowest BCUT2D eigenvalue weighted by Gasteiger charge is -2.12. The summed E-state index contributed by atoms with van der Waals surface area (Å²) >= 11 is 0. The van der Waals surface area contributed by atoms with Gasteiger partial charge >= 0.3 is 0 Å². The van der Waals surface area contributed by atoms with Crippen molar-refractivity contribution in [2.45, 2.75) is 0 Å². The zero-order valence-corrected chi connectivity index (χ0v) is 10.1. The average molecular weight is 225 g/mol. The van der Waals surface area contributed by atoms with Gasteiger partial charge in [0.25, 0.3) is 0 Å². The summed E-state index contributed by atoms with van der Waals surface area (Å²) in [6.07, 6.45) is 3.71. The van der Waals surface area contributed by atoms with Crippen LogP contribution < -0.4 is 9.80 Å². The fourth-order valence-electron chi connectivity index (χ4n) is 2.34. The van der Waals surface area contributed by atoms with Crippen LogP contribution in [-0.2, 0) is 0 Å². The molecule has 0 unspecified atom stereocenters. The van der Waals surface area contributed by atoms with Crippen molar-refractivity contribution >= 4 is 11.4 Å². The summed E-state index contributed by atoms with van der Waals surface area (Å²) in [5.74, 6) is 0. The molecule has 1 aromatic carbocycles. The molecule has 1 aliphatic heterocycles. The van der Waals surface area contributed by atoms with Gasteiger partial charge in [-0.05, 0) is 23.8 Å². The summed E-state index contributed by atoms with van der Waals surface area (Å²) in [6.45, 7) is 0.950. The van der Waals surface area contributed by atoms with E-state index in [1.54, 1.807) is 6.20 Å². The first-order valence-corrected chi connectivity index (χ1v) is 5.72. The highest BCUT2D eigenvalue weighted by Gasteiger charge is 2.20. The number of anilines is 2. The normalized spacial score (nSPS) is 14.0. The van der Waals surface area contributed by atoms with Crippen molar-refractivity contribution in [3.05, 3.63) is 42.7 Å². The fourth-order valence-corrected chi connectivity index (χ4v) is 2.34. The van der Waals surface area contributed by atoms with E-state index >= 15 is 0 Å². The predicted octanol–water partition coefficient (Wildman–Crippen LogP) is 2.59. The number of pyridine rings is 1. The molecular weight excluding hydrogens is 210 g/mol. The van der Waals surface area contributed by atoms with Crippen LogP contribution in [-0.4, -0.2) is 25.7 Å². The molecule has 0 N–H and O–H groups in total. The standard InChI is InChI=1S/C14H15N3/c1-16-10-17(2)14-8-11(5-6-13(14)16)12-4-3-7-15-9-12/h3-9H,10H2,1-2H3. The average Bonchev–Trinajstić information content (AvgIpc) is 2.66. The summed E-state index contributed by atoms with van der Waals surface area (Å²) in [4.78, 5) is 8.68. The number of nitrogens with zero attached hydrogens (tertiary/aromatic N) is 3. The van der Waals surface area contributed by atoms with Crippen LogP contribution in [0, 0.1) is 0 Å². The lowest BCUT2D eigenvalue weighted by atomic mass is 10.1. The van der Waals surface area contributed by atoms with Gasteiger partial charge < -0.3 is 9.80 Å². The minimum atomic E-state index is 0.950. The molecule has 0 saturated carbocycles. The van der Waals surface area contributed by atoms with E-state index in [0.717, 1.165) is 6.67 Å². The Bertz CT molecular complexity index is 536. The van der Waals surface area contributed by atoms with Crippen LogP contribution in [0.4, 0.5) is 11.4 Å². The topological polar surface area (TPSA) is 19.4 Å². The van der Waals surface area contributed by atoms with Crippen LogP contribution in [0.3, 0.4) is 0 Å². The lowest BCUT2D eigenvalue weighted by Crippen LogP contribution is -2.23. The molecule has 86 valence electrons. The second kappa shape index (κ2) is 3.77. The van der Waals surface area contributed by atoms with Crippen molar-refractivity contribution in [2.24, 2.45) is 0 Å². The highest BCUT2D eigenvalue weighted by molar-refractivity contribution is 5.81. The molecule has 2 aromatic rings. The number of aromatic nitrogens is 1. The van der Waals surface area contributed by atoms with Gasteiger partial charge in [0.1, 0.15) is 0 Å². The van der Waals surface area contributed by atoms with Gasteiger partial charge in [-0.25, -0.2) is 0 Å². The number of fused-ring (bicyclic) bond motifs is 1. The van der Waals surface area contributed by atoms with E-state index < -0.39 is 0 Å². The van der Waals surface area contributed by atoms with E-state index in [4.69, 9.17) is 0 Å². The summed E-state index contributed by atoms with van der Waals surface area (Å²) in [6, 6.07) is 10.6. The Morgan fingerprint density at radius 1 is 1.00 bits per heavy atom.